The second-order valence-corrected chi connectivity index (χ2v) is 7.57. The first-order valence-corrected chi connectivity index (χ1v) is 9.72. The summed E-state index contributed by atoms with van der Waals surface area (Å²) in [5, 5.41) is 3.23. The van der Waals surface area contributed by atoms with Gasteiger partial charge in [-0.25, -0.2) is 4.98 Å². The molecule has 0 radical (unpaired) electrons. The molecule has 2 saturated carbocycles. The predicted octanol–water partition coefficient (Wildman–Crippen LogP) is 3.38. The van der Waals surface area contributed by atoms with Crippen molar-refractivity contribution in [1.82, 2.24) is 10.3 Å². The van der Waals surface area contributed by atoms with Crippen molar-refractivity contribution in [3.63, 3.8) is 0 Å². The number of amides is 1. The molecule has 2 aliphatic carbocycles. The molecule has 0 aromatic carbocycles. The van der Waals surface area contributed by atoms with Crippen LogP contribution in [0, 0.1) is 5.41 Å². The highest BCUT2D eigenvalue weighted by Gasteiger charge is 2.56. The van der Waals surface area contributed by atoms with Crippen molar-refractivity contribution in [2.75, 3.05) is 13.2 Å². The van der Waals surface area contributed by atoms with Crippen LogP contribution >= 0.6 is 0 Å². The van der Waals surface area contributed by atoms with Crippen LogP contribution in [-0.4, -0.2) is 36.3 Å². The van der Waals surface area contributed by atoms with Gasteiger partial charge in [-0.2, -0.15) is 0 Å². The highest BCUT2D eigenvalue weighted by molar-refractivity contribution is 5.93. The first-order chi connectivity index (χ1) is 12.2. The first-order valence-electron chi connectivity index (χ1n) is 9.72. The molecule has 6 nitrogen and oxygen atoms in total. The lowest BCUT2D eigenvalue weighted by Crippen LogP contribution is -2.65. The van der Waals surface area contributed by atoms with Crippen LogP contribution in [-0.2, 0) is 9.47 Å². The number of carbonyl (C=O) groups excluding carboxylic acids is 1. The molecule has 1 aromatic heterocycles. The predicted molar refractivity (Wildman–Crippen MR) is 91.2 cm³/mol. The van der Waals surface area contributed by atoms with Crippen molar-refractivity contribution < 1.29 is 18.7 Å². The molecule has 2 heterocycles. The summed E-state index contributed by atoms with van der Waals surface area (Å²) < 4.78 is 17.1. The molecular formula is C19H28N2O4. The lowest BCUT2D eigenvalue weighted by Gasteiger charge is -2.57. The van der Waals surface area contributed by atoms with Crippen LogP contribution in [0.5, 0.6) is 0 Å². The van der Waals surface area contributed by atoms with Crippen LogP contribution in [0.3, 0.4) is 0 Å². The zero-order chi connectivity index (χ0) is 17.3. The molecule has 1 N–H and O–H groups in total. The van der Waals surface area contributed by atoms with E-state index in [0.29, 0.717) is 18.1 Å². The largest absolute Gasteiger partial charge is 0.445 e. The summed E-state index contributed by atoms with van der Waals surface area (Å²) in [6, 6.07) is 0.172. The maximum atomic E-state index is 12.8. The highest BCUT2D eigenvalue weighted by Crippen LogP contribution is 2.53. The van der Waals surface area contributed by atoms with Crippen molar-refractivity contribution in [3.05, 3.63) is 17.8 Å². The summed E-state index contributed by atoms with van der Waals surface area (Å²) >= 11 is 0. The number of carbonyl (C=O) groups is 1. The number of oxazole rings is 1. The third-order valence-electron chi connectivity index (χ3n) is 6.27. The molecular weight excluding hydrogens is 320 g/mol. The Hall–Kier alpha value is -1.40. The molecule has 0 unspecified atom stereocenters. The van der Waals surface area contributed by atoms with E-state index in [1.165, 1.54) is 25.7 Å². The van der Waals surface area contributed by atoms with Crippen molar-refractivity contribution in [2.45, 2.75) is 76.5 Å². The Balaban J connectivity index is 1.46. The summed E-state index contributed by atoms with van der Waals surface area (Å²) in [7, 11) is 0. The molecule has 3 atom stereocenters. The molecule has 1 amide bonds. The Morgan fingerprint density at radius 2 is 2.20 bits per heavy atom. The summed E-state index contributed by atoms with van der Waals surface area (Å²) in [5.74, 6) is 0.442. The SMILES string of the molecule is CCO[C@@H]1C[C@@H](NC(=O)c2ncoc2[C@@H]2CCCO2)C12CCCCC2. The Kier molecular flexibility index (Phi) is 4.82. The zero-order valence-electron chi connectivity index (χ0n) is 15.0. The third kappa shape index (κ3) is 2.99. The lowest BCUT2D eigenvalue weighted by molar-refractivity contribution is -0.147. The van der Waals surface area contributed by atoms with E-state index in [2.05, 4.69) is 10.3 Å². The van der Waals surface area contributed by atoms with Crippen molar-refractivity contribution >= 4 is 5.91 Å². The average molecular weight is 348 g/mol. The zero-order valence-corrected chi connectivity index (χ0v) is 15.0. The standard InChI is InChI=1S/C19H28N2O4/c1-2-23-15-11-14(19(15)8-4-3-5-9-19)21-18(22)16-17(25-12-20-16)13-7-6-10-24-13/h12-15H,2-11H2,1H3,(H,21,22)/t13-,14+,15+/m0/s1. The van der Waals surface area contributed by atoms with Crippen LogP contribution < -0.4 is 5.32 Å². The van der Waals surface area contributed by atoms with Gasteiger partial charge < -0.3 is 19.2 Å². The first kappa shape index (κ1) is 17.0. The van der Waals surface area contributed by atoms with Gasteiger partial charge in [0.15, 0.2) is 17.8 Å². The fourth-order valence-electron chi connectivity index (χ4n) is 4.93. The normalized spacial score (nSPS) is 31.0. The average Bonchev–Trinajstić information content (AvgIpc) is 3.32. The van der Waals surface area contributed by atoms with Crippen molar-refractivity contribution in [2.24, 2.45) is 5.41 Å². The van der Waals surface area contributed by atoms with Crippen molar-refractivity contribution in [1.29, 1.82) is 0 Å². The van der Waals surface area contributed by atoms with Gasteiger partial charge in [0.1, 0.15) is 6.10 Å². The molecule has 1 aliphatic heterocycles. The van der Waals surface area contributed by atoms with E-state index < -0.39 is 0 Å². The van der Waals surface area contributed by atoms with Gasteiger partial charge in [-0.05, 0) is 39.0 Å². The topological polar surface area (TPSA) is 73.6 Å². The summed E-state index contributed by atoms with van der Waals surface area (Å²) in [6.45, 7) is 3.50. The fraction of sp³-hybridized carbons (Fsp3) is 0.789. The van der Waals surface area contributed by atoms with Gasteiger partial charge in [-0.3, -0.25) is 4.79 Å². The number of nitrogens with one attached hydrogen (secondary N) is 1. The molecule has 3 fully saturated rings. The van der Waals surface area contributed by atoms with E-state index in [-0.39, 0.29) is 29.6 Å². The second kappa shape index (κ2) is 7.08. The van der Waals surface area contributed by atoms with Crippen LogP contribution in [0.4, 0.5) is 0 Å². The molecule has 25 heavy (non-hydrogen) atoms. The van der Waals surface area contributed by atoms with Crippen LogP contribution in [0.1, 0.15) is 80.6 Å². The minimum absolute atomic E-state index is 0.109. The summed E-state index contributed by atoms with van der Waals surface area (Å²) in [6.07, 6.45) is 10.3. The van der Waals surface area contributed by atoms with Gasteiger partial charge in [0.2, 0.25) is 0 Å². The number of rotatable bonds is 5. The van der Waals surface area contributed by atoms with E-state index >= 15 is 0 Å². The maximum Gasteiger partial charge on any atom is 0.273 e. The third-order valence-corrected chi connectivity index (χ3v) is 6.27. The van der Waals surface area contributed by atoms with Crippen LogP contribution in [0.15, 0.2) is 10.8 Å². The van der Waals surface area contributed by atoms with Gasteiger partial charge in [0.25, 0.3) is 5.91 Å². The lowest BCUT2D eigenvalue weighted by atomic mass is 9.55. The fourth-order valence-corrected chi connectivity index (χ4v) is 4.93. The molecule has 138 valence electrons. The minimum atomic E-state index is -0.135. The van der Waals surface area contributed by atoms with Gasteiger partial charge in [-0.1, -0.05) is 19.3 Å². The van der Waals surface area contributed by atoms with Gasteiger partial charge in [0, 0.05) is 24.7 Å². The molecule has 1 saturated heterocycles. The molecule has 6 heteroatoms. The van der Waals surface area contributed by atoms with Gasteiger partial charge >= 0.3 is 0 Å². The second-order valence-electron chi connectivity index (χ2n) is 7.57. The molecule has 0 bridgehead atoms. The van der Waals surface area contributed by atoms with Crippen LogP contribution in [0.25, 0.3) is 0 Å². The Bertz CT molecular complexity index is 602. The smallest absolute Gasteiger partial charge is 0.273 e. The van der Waals surface area contributed by atoms with E-state index in [0.717, 1.165) is 38.7 Å². The molecule has 1 aromatic rings. The van der Waals surface area contributed by atoms with Crippen LogP contribution in [0.2, 0.25) is 0 Å². The Labute approximate surface area is 148 Å². The monoisotopic (exact) mass is 348 g/mol. The van der Waals surface area contributed by atoms with Crippen molar-refractivity contribution in [3.8, 4) is 0 Å². The van der Waals surface area contributed by atoms with E-state index in [1.807, 2.05) is 6.92 Å². The molecule has 3 aliphatic rings. The van der Waals surface area contributed by atoms with E-state index in [1.54, 1.807) is 0 Å². The number of hydrogen-bond acceptors (Lipinski definition) is 5. The Morgan fingerprint density at radius 3 is 2.92 bits per heavy atom. The Morgan fingerprint density at radius 1 is 1.36 bits per heavy atom. The summed E-state index contributed by atoms with van der Waals surface area (Å²) in [5.41, 5.74) is 0.496. The minimum Gasteiger partial charge on any atom is -0.445 e. The van der Waals surface area contributed by atoms with E-state index in [4.69, 9.17) is 13.9 Å². The maximum absolute atomic E-state index is 12.8. The number of nitrogens with zero attached hydrogens (tertiary/aromatic N) is 1. The quantitative estimate of drug-likeness (QED) is 0.883. The molecule has 4 rings (SSSR count). The summed E-state index contributed by atoms with van der Waals surface area (Å²) in [4.78, 5) is 17.0. The number of ether oxygens (including phenoxy) is 2. The molecule has 1 spiro atoms. The van der Waals surface area contributed by atoms with Gasteiger partial charge in [0.05, 0.1) is 6.10 Å². The highest BCUT2D eigenvalue weighted by atomic mass is 16.5. The van der Waals surface area contributed by atoms with Gasteiger partial charge in [-0.15, -0.1) is 0 Å². The number of hydrogen-bond donors (Lipinski definition) is 1. The number of aromatic nitrogens is 1. The van der Waals surface area contributed by atoms with E-state index in [9.17, 15) is 4.79 Å².